The number of hydrogen-bond donors (Lipinski definition) is 1. The zero-order valence-corrected chi connectivity index (χ0v) is 15.6. The molecule has 0 spiro atoms. The van der Waals surface area contributed by atoms with Crippen molar-refractivity contribution in [1.29, 1.82) is 0 Å². The van der Waals surface area contributed by atoms with Gasteiger partial charge in [-0.05, 0) is 50.2 Å². The standard InChI is InChI=1S/C20H31NO3/c1-15(2)20(9-11-24-19(3,4)13-20)8-10-21-12-16-6-5-7-17-18(16)23-14-22-17/h5-7,15,21H,8-14H2,1-4H3/p+1/t20-/m1/s1. The van der Waals surface area contributed by atoms with Gasteiger partial charge in [0.2, 0.25) is 6.79 Å². The molecule has 2 N–H and O–H groups in total. The maximum absolute atomic E-state index is 5.96. The SMILES string of the molecule is CC(C)[C@]1(CC[NH2+]Cc2cccc3c2OCO3)CCOC(C)(C)C1. The highest BCUT2D eigenvalue weighted by Crippen LogP contribution is 2.46. The van der Waals surface area contributed by atoms with Crippen molar-refractivity contribution in [3.8, 4) is 11.5 Å². The smallest absolute Gasteiger partial charge is 0.231 e. The normalized spacial score (nSPS) is 25.2. The van der Waals surface area contributed by atoms with E-state index < -0.39 is 0 Å². The van der Waals surface area contributed by atoms with Crippen molar-refractivity contribution in [2.24, 2.45) is 11.3 Å². The monoisotopic (exact) mass is 334 g/mol. The maximum Gasteiger partial charge on any atom is 0.231 e. The fraction of sp³-hybridized carbons (Fsp3) is 0.700. The number of fused-ring (bicyclic) bond motifs is 1. The molecule has 1 aromatic carbocycles. The average molecular weight is 334 g/mol. The molecule has 0 saturated carbocycles. The summed E-state index contributed by atoms with van der Waals surface area (Å²) in [6.45, 7) is 12.5. The molecule has 24 heavy (non-hydrogen) atoms. The first-order valence-corrected chi connectivity index (χ1v) is 9.25. The second-order valence-corrected chi connectivity index (χ2v) is 8.23. The third kappa shape index (κ3) is 3.70. The van der Waals surface area contributed by atoms with Crippen LogP contribution in [0.25, 0.3) is 0 Å². The van der Waals surface area contributed by atoms with Gasteiger partial charge in [-0.3, -0.25) is 0 Å². The van der Waals surface area contributed by atoms with E-state index in [1.807, 2.05) is 12.1 Å². The Bertz CT molecular complexity index is 570. The van der Waals surface area contributed by atoms with Gasteiger partial charge in [0.1, 0.15) is 6.54 Å². The molecule has 4 nitrogen and oxygen atoms in total. The van der Waals surface area contributed by atoms with Gasteiger partial charge >= 0.3 is 0 Å². The van der Waals surface area contributed by atoms with Gasteiger partial charge in [0, 0.05) is 13.0 Å². The summed E-state index contributed by atoms with van der Waals surface area (Å²) in [5.41, 5.74) is 1.64. The Morgan fingerprint density at radius 2 is 2.04 bits per heavy atom. The lowest BCUT2D eigenvalue weighted by Crippen LogP contribution is -2.83. The fourth-order valence-corrected chi connectivity index (χ4v) is 4.31. The maximum atomic E-state index is 5.96. The molecule has 2 heterocycles. The molecule has 0 aromatic heterocycles. The number of quaternary nitrogens is 1. The van der Waals surface area contributed by atoms with E-state index in [1.54, 1.807) is 0 Å². The van der Waals surface area contributed by atoms with Gasteiger partial charge in [0.15, 0.2) is 11.5 Å². The molecule has 0 bridgehead atoms. The Balaban J connectivity index is 1.56. The van der Waals surface area contributed by atoms with Crippen LogP contribution in [0, 0.1) is 11.3 Å². The number of ether oxygens (including phenoxy) is 3. The Morgan fingerprint density at radius 3 is 2.79 bits per heavy atom. The summed E-state index contributed by atoms with van der Waals surface area (Å²) >= 11 is 0. The van der Waals surface area contributed by atoms with Crippen molar-refractivity contribution >= 4 is 0 Å². The topological polar surface area (TPSA) is 44.3 Å². The van der Waals surface area contributed by atoms with Gasteiger partial charge in [0.05, 0.1) is 17.7 Å². The summed E-state index contributed by atoms with van der Waals surface area (Å²) in [6.07, 6.45) is 3.58. The first-order chi connectivity index (χ1) is 11.4. The minimum absolute atomic E-state index is 0.00789. The van der Waals surface area contributed by atoms with Gasteiger partial charge in [-0.15, -0.1) is 0 Å². The number of benzene rings is 1. The number of hydrogen-bond acceptors (Lipinski definition) is 3. The highest BCUT2D eigenvalue weighted by molar-refractivity contribution is 5.47. The van der Waals surface area contributed by atoms with Crippen LogP contribution in [0.5, 0.6) is 11.5 Å². The van der Waals surface area contributed by atoms with Crippen LogP contribution in [0.4, 0.5) is 0 Å². The van der Waals surface area contributed by atoms with Crippen LogP contribution in [0.2, 0.25) is 0 Å². The second-order valence-electron chi connectivity index (χ2n) is 8.23. The highest BCUT2D eigenvalue weighted by atomic mass is 16.7. The van der Waals surface area contributed by atoms with Gasteiger partial charge in [-0.25, -0.2) is 0 Å². The minimum Gasteiger partial charge on any atom is -0.454 e. The zero-order chi connectivity index (χ0) is 17.2. The van der Waals surface area contributed by atoms with E-state index in [0.29, 0.717) is 18.1 Å². The van der Waals surface area contributed by atoms with E-state index in [2.05, 4.69) is 39.1 Å². The van der Waals surface area contributed by atoms with Crippen LogP contribution in [0.3, 0.4) is 0 Å². The molecule has 1 atom stereocenters. The highest BCUT2D eigenvalue weighted by Gasteiger charge is 2.42. The van der Waals surface area contributed by atoms with Crippen molar-refractivity contribution in [1.82, 2.24) is 0 Å². The summed E-state index contributed by atoms with van der Waals surface area (Å²) in [5.74, 6) is 2.50. The fourth-order valence-electron chi connectivity index (χ4n) is 4.31. The van der Waals surface area contributed by atoms with E-state index in [1.165, 1.54) is 18.4 Å². The third-order valence-corrected chi connectivity index (χ3v) is 5.78. The number of nitrogens with two attached hydrogens (primary N) is 1. The summed E-state index contributed by atoms with van der Waals surface area (Å²) in [6, 6.07) is 6.16. The van der Waals surface area contributed by atoms with Gasteiger partial charge in [-0.1, -0.05) is 19.9 Å². The van der Waals surface area contributed by atoms with E-state index in [9.17, 15) is 0 Å². The number of para-hydroxylation sites is 1. The number of rotatable bonds is 6. The van der Waals surface area contributed by atoms with Crippen molar-refractivity contribution in [2.45, 2.75) is 59.1 Å². The lowest BCUT2D eigenvalue weighted by Gasteiger charge is -2.47. The van der Waals surface area contributed by atoms with Gasteiger partial charge < -0.3 is 19.5 Å². The molecule has 1 aromatic rings. The summed E-state index contributed by atoms with van der Waals surface area (Å²) in [5, 5.41) is 2.41. The van der Waals surface area contributed by atoms with Crippen molar-refractivity contribution < 1.29 is 19.5 Å². The summed E-state index contributed by atoms with van der Waals surface area (Å²) < 4.78 is 17.0. The van der Waals surface area contributed by atoms with Crippen LogP contribution >= 0.6 is 0 Å². The Labute approximate surface area is 145 Å². The van der Waals surface area contributed by atoms with E-state index in [4.69, 9.17) is 14.2 Å². The first-order valence-electron chi connectivity index (χ1n) is 9.25. The lowest BCUT2D eigenvalue weighted by atomic mass is 9.65. The molecule has 0 amide bonds. The molecule has 2 aliphatic heterocycles. The average Bonchev–Trinajstić information content (AvgIpc) is 2.99. The van der Waals surface area contributed by atoms with E-state index in [-0.39, 0.29) is 5.60 Å². The molecule has 2 aliphatic rings. The molecule has 1 fully saturated rings. The predicted molar refractivity (Wildman–Crippen MR) is 94.2 cm³/mol. The van der Waals surface area contributed by atoms with Crippen LogP contribution in [0.15, 0.2) is 18.2 Å². The molecule has 0 radical (unpaired) electrons. The largest absolute Gasteiger partial charge is 0.454 e. The van der Waals surface area contributed by atoms with Gasteiger partial charge in [-0.2, -0.15) is 0 Å². The zero-order valence-electron chi connectivity index (χ0n) is 15.6. The lowest BCUT2D eigenvalue weighted by molar-refractivity contribution is -0.672. The van der Waals surface area contributed by atoms with Crippen LogP contribution in [-0.4, -0.2) is 25.5 Å². The van der Waals surface area contributed by atoms with Gasteiger partial charge in [0.25, 0.3) is 0 Å². The Morgan fingerprint density at radius 1 is 1.21 bits per heavy atom. The van der Waals surface area contributed by atoms with Crippen molar-refractivity contribution in [3.63, 3.8) is 0 Å². The van der Waals surface area contributed by atoms with Crippen molar-refractivity contribution in [2.75, 3.05) is 19.9 Å². The van der Waals surface area contributed by atoms with Crippen LogP contribution in [-0.2, 0) is 11.3 Å². The molecule has 4 heteroatoms. The van der Waals surface area contributed by atoms with E-state index >= 15 is 0 Å². The third-order valence-electron chi connectivity index (χ3n) is 5.78. The molecular formula is C20H32NO3+. The van der Waals surface area contributed by atoms with Crippen molar-refractivity contribution in [3.05, 3.63) is 23.8 Å². The molecule has 3 rings (SSSR count). The molecule has 1 saturated heterocycles. The predicted octanol–water partition coefficient (Wildman–Crippen LogP) is 3.10. The molecule has 0 aliphatic carbocycles. The summed E-state index contributed by atoms with van der Waals surface area (Å²) in [4.78, 5) is 0. The molecule has 134 valence electrons. The van der Waals surface area contributed by atoms with Crippen LogP contribution < -0.4 is 14.8 Å². The van der Waals surface area contributed by atoms with E-state index in [0.717, 1.165) is 37.6 Å². The molecule has 0 unspecified atom stereocenters. The first kappa shape index (κ1) is 17.6. The Kier molecular flexibility index (Phi) is 5.07. The summed E-state index contributed by atoms with van der Waals surface area (Å²) in [7, 11) is 0. The second kappa shape index (κ2) is 6.93. The quantitative estimate of drug-likeness (QED) is 0.813. The molecular weight excluding hydrogens is 302 g/mol. The van der Waals surface area contributed by atoms with Crippen LogP contribution in [0.1, 0.15) is 52.5 Å². The Hall–Kier alpha value is -1.26. The minimum atomic E-state index is 0.00789.